The molecular weight excluding hydrogens is 447 g/mol. The third-order valence-electron chi connectivity index (χ3n) is 6.01. The Morgan fingerprint density at radius 3 is 2.69 bits per heavy atom. The van der Waals surface area contributed by atoms with Gasteiger partial charge in [0.05, 0.1) is 16.8 Å². The molecule has 0 radical (unpaired) electrons. The Balaban J connectivity index is 1.64. The van der Waals surface area contributed by atoms with Crippen LogP contribution in [0.2, 0.25) is 10.0 Å². The number of anilines is 2. The monoisotopic (exact) mass is 472 g/mol. The molecule has 5 rings (SSSR count). The molecule has 0 unspecified atom stereocenters. The summed E-state index contributed by atoms with van der Waals surface area (Å²) in [5.41, 5.74) is 1.96. The Kier molecular flexibility index (Phi) is 5.91. The van der Waals surface area contributed by atoms with E-state index in [9.17, 15) is 0 Å². The molecule has 1 atom stereocenters. The van der Waals surface area contributed by atoms with Gasteiger partial charge in [0.15, 0.2) is 11.5 Å². The highest BCUT2D eigenvalue weighted by Crippen LogP contribution is 2.47. The first-order valence-corrected chi connectivity index (χ1v) is 11.8. The van der Waals surface area contributed by atoms with Gasteiger partial charge in [-0.15, -0.1) is 5.10 Å². The molecule has 2 aliphatic rings. The molecule has 1 aromatic heterocycles. The van der Waals surface area contributed by atoms with E-state index >= 15 is 0 Å². The fourth-order valence-electron chi connectivity index (χ4n) is 4.20. The summed E-state index contributed by atoms with van der Waals surface area (Å²) in [6, 6.07) is 11.7. The lowest BCUT2D eigenvalue weighted by Crippen LogP contribution is -2.26. The van der Waals surface area contributed by atoms with Crippen LogP contribution in [0, 0.1) is 12.8 Å². The van der Waals surface area contributed by atoms with E-state index in [1.54, 1.807) is 6.07 Å². The molecule has 0 spiro atoms. The fraction of sp³-hybridized carbons (Fsp3) is 0.417. The van der Waals surface area contributed by atoms with Crippen LogP contribution in [-0.2, 0) is 6.54 Å². The van der Waals surface area contributed by atoms with Gasteiger partial charge in [0.25, 0.3) is 0 Å². The third kappa shape index (κ3) is 4.26. The van der Waals surface area contributed by atoms with Crippen molar-refractivity contribution in [3.63, 3.8) is 0 Å². The number of aromatic nitrogens is 3. The Hall–Kier alpha value is -2.44. The topological polar surface area (TPSA) is 52.4 Å². The van der Waals surface area contributed by atoms with E-state index in [0.29, 0.717) is 21.9 Å². The SMILES string of the molecule is CCCn1nc(N(c2ccc(Cl)cc2Cl)[C@@H](CC2CC2)c2ccc3c(c2)OCO3)nc1C. The van der Waals surface area contributed by atoms with Gasteiger partial charge < -0.3 is 14.4 Å². The van der Waals surface area contributed by atoms with Gasteiger partial charge >= 0.3 is 0 Å². The first-order valence-electron chi connectivity index (χ1n) is 11.1. The van der Waals surface area contributed by atoms with Crippen molar-refractivity contribution in [3.8, 4) is 11.5 Å². The number of rotatable bonds is 8. The first-order chi connectivity index (χ1) is 15.5. The molecular formula is C24H26Cl2N4O2. The van der Waals surface area contributed by atoms with Crippen molar-refractivity contribution in [1.82, 2.24) is 14.8 Å². The Morgan fingerprint density at radius 2 is 1.94 bits per heavy atom. The number of benzene rings is 2. The number of ether oxygens (including phenoxy) is 2. The van der Waals surface area contributed by atoms with Gasteiger partial charge in [0.1, 0.15) is 5.82 Å². The van der Waals surface area contributed by atoms with Crippen molar-refractivity contribution < 1.29 is 9.47 Å². The molecule has 1 saturated carbocycles. The minimum Gasteiger partial charge on any atom is -0.454 e. The minimum absolute atomic E-state index is 0.00690. The summed E-state index contributed by atoms with van der Waals surface area (Å²) in [5.74, 6) is 3.73. The van der Waals surface area contributed by atoms with Crippen LogP contribution in [0.4, 0.5) is 11.6 Å². The van der Waals surface area contributed by atoms with E-state index in [-0.39, 0.29) is 12.8 Å². The average Bonchev–Trinajstić information content (AvgIpc) is 3.34. The number of aryl methyl sites for hydroxylation is 2. The molecule has 1 aliphatic heterocycles. The number of nitrogens with zero attached hydrogens (tertiary/aromatic N) is 4. The lowest BCUT2D eigenvalue weighted by atomic mass is 9.98. The molecule has 1 fully saturated rings. The first kappa shape index (κ1) is 21.4. The van der Waals surface area contributed by atoms with Gasteiger partial charge in [-0.3, -0.25) is 0 Å². The predicted octanol–water partition coefficient (Wildman–Crippen LogP) is 6.71. The molecule has 6 nitrogen and oxygen atoms in total. The Bertz CT molecular complexity index is 1130. The zero-order valence-corrected chi connectivity index (χ0v) is 19.7. The number of hydrogen-bond acceptors (Lipinski definition) is 5. The van der Waals surface area contributed by atoms with Crippen molar-refractivity contribution in [2.45, 2.75) is 52.1 Å². The highest BCUT2D eigenvalue weighted by atomic mass is 35.5. The van der Waals surface area contributed by atoms with E-state index in [0.717, 1.165) is 48.0 Å². The molecule has 0 saturated heterocycles. The van der Waals surface area contributed by atoms with Crippen molar-refractivity contribution >= 4 is 34.8 Å². The maximum atomic E-state index is 6.73. The number of fused-ring (bicyclic) bond motifs is 1. The lowest BCUT2D eigenvalue weighted by molar-refractivity contribution is 0.174. The molecule has 0 amide bonds. The molecule has 2 heterocycles. The third-order valence-corrected chi connectivity index (χ3v) is 6.55. The van der Waals surface area contributed by atoms with Crippen LogP contribution in [0.5, 0.6) is 11.5 Å². The standard InChI is InChI=1S/C24H26Cl2N4O2/c1-3-10-29-15(2)27-24(28-29)30(20-8-7-18(25)13-19(20)26)21(11-16-4-5-16)17-6-9-22-23(12-17)32-14-31-22/h6-9,12-13,16,21H,3-5,10-11,14H2,1-2H3/t21-/m0/s1. The average molecular weight is 473 g/mol. The van der Waals surface area contributed by atoms with Crippen molar-refractivity contribution in [3.05, 3.63) is 57.8 Å². The molecule has 0 bridgehead atoms. The Labute approximate surface area is 198 Å². The summed E-state index contributed by atoms with van der Waals surface area (Å²) in [5, 5.41) is 6.04. The number of halogens is 2. The van der Waals surface area contributed by atoms with Gasteiger partial charge in [-0.25, -0.2) is 4.68 Å². The summed E-state index contributed by atoms with van der Waals surface area (Å²) in [6.07, 6.45) is 4.43. The van der Waals surface area contributed by atoms with E-state index in [2.05, 4.69) is 24.0 Å². The molecule has 3 aromatic rings. The van der Waals surface area contributed by atoms with E-state index in [1.807, 2.05) is 29.8 Å². The van der Waals surface area contributed by atoms with Crippen LogP contribution in [0.25, 0.3) is 0 Å². The molecule has 1 aliphatic carbocycles. The molecule has 0 N–H and O–H groups in total. The van der Waals surface area contributed by atoms with Gasteiger partial charge in [-0.05, 0) is 61.6 Å². The van der Waals surface area contributed by atoms with Crippen LogP contribution >= 0.6 is 23.2 Å². The maximum Gasteiger partial charge on any atom is 0.250 e. The molecule has 32 heavy (non-hydrogen) atoms. The summed E-state index contributed by atoms with van der Waals surface area (Å²) >= 11 is 13.0. The zero-order valence-electron chi connectivity index (χ0n) is 18.2. The van der Waals surface area contributed by atoms with Crippen molar-refractivity contribution in [1.29, 1.82) is 0 Å². The molecule has 168 valence electrons. The smallest absolute Gasteiger partial charge is 0.250 e. The fourth-order valence-corrected chi connectivity index (χ4v) is 4.70. The van der Waals surface area contributed by atoms with E-state index in [1.165, 1.54) is 12.8 Å². The second-order valence-corrected chi connectivity index (χ2v) is 9.30. The zero-order chi connectivity index (χ0) is 22.2. The molecule has 8 heteroatoms. The number of hydrogen-bond donors (Lipinski definition) is 0. The van der Waals surface area contributed by atoms with Gasteiger partial charge in [0, 0.05) is 11.6 Å². The second kappa shape index (κ2) is 8.83. The van der Waals surface area contributed by atoms with Crippen LogP contribution < -0.4 is 14.4 Å². The van der Waals surface area contributed by atoms with Crippen molar-refractivity contribution in [2.24, 2.45) is 5.92 Å². The van der Waals surface area contributed by atoms with Gasteiger partial charge in [-0.1, -0.05) is 49.0 Å². The van der Waals surface area contributed by atoms with Crippen LogP contribution in [0.15, 0.2) is 36.4 Å². The summed E-state index contributed by atoms with van der Waals surface area (Å²) in [6.45, 7) is 5.20. The van der Waals surface area contributed by atoms with Gasteiger partial charge in [0.2, 0.25) is 12.7 Å². The lowest BCUT2D eigenvalue weighted by Gasteiger charge is -2.32. The Morgan fingerprint density at radius 1 is 1.12 bits per heavy atom. The van der Waals surface area contributed by atoms with Crippen LogP contribution in [0.3, 0.4) is 0 Å². The highest BCUT2D eigenvalue weighted by molar-refractivity contribution is 6.36. The quantitative estimate of drug-likeness (QED) is 0.364. The largest absolute Gasteiger partial charge is 0.454 e. The normalized spacial score (nSPS) is 15.8. The van der Waals surface area contributed by atoms with Crippen LogP contribution in [0.1, 0.15) is 50.0 Å². The van der Waals surface area contributed by atoms with Crippen molar-refractivity contribution in [2.75, 3.05) is 11.7 Å². The summed E-state index contributed by atoms with van der Waals surface area (Å²) in [4.78, 5) is 7.01. The van der Waals surface area contributed by atoms with Gasteiger partial charge in [-0.2, -0.15) is 4.98 Å². The highest BCUT2D eigenvalue weighted by Gasteiger charge is 2.34. The summed E-state index contributed by atoms with van der Waals surface area (Å²) < 4.78 is 13.2. The van der Waals surface area contributed by atoms with E-state index < -0.39 is 0 Å². The molecule has 2 aromatic carbocycles. The second-order valence-electron chi connectivity index (χ2n) is 8.46. The van der Waals surface area contributed by atoms with Crippen LogP contribution in [-0.4, -0.2) is 21.6 Å². The minimum atomic E-state index is -0.00690. The maximum absolute atomic E-state index is 6.73. The predicted molar refractivity (Wildman–Crippen MR) is 126 cm³/mol. The summed E-state index contributed by atoms with van der Waals surface area (Å²) in [7, 11) is 0. The van der Waals surface area contributed by atoms with E-state index in [4.69, 9.17) is 42.8 Å².